The highest BCUT2D eigenvalue weighted by Gasteiger charge is 2.13. The summed E-state index contributed by atoms with van der Waals surface area (Å²) in [5.74, 6) is -0.146. The van der Waals surface area contributed by atoms with Gasteiger partial charge in [0.15, 0.2) is 0 Å². The van der Waals surface area contributed by atoms with E-state index >= 15 is 0 Å². The smallest absolute Gasteiger partial charge is 0.243 e. The molecule has 7 nitrogen and oxygen atoms in total. The minimum absolute atomic E-state index is 0.00872. The molecule has 0 saturated carbocycles. The number of rotatable bonds is 3. The Morgan fingerprint density at radius 1 is 1.20 bits per heavy atom. The summed E-state index contributed by atoms with van der Waals surface area (Å²) in [4.78, 5) is 33.3. The van der Waals surface area contributed by atoms with Gasteiger partial charge in [-0.25, -0.2) is 0 Å². The Morgan fingerprint density at radius 3 is 2.32 bits per heavy atom. The van der Waals surface area contributed by atoms with Crippen molar-refractivity contribution >= 4 is 17.7 Å². The predicted octanol–water partition coefficient (Wildman–Crippen LogP) is 0.605. The van der Waals surface area contributed by atoms with Crippen LogP contribution in [0.5, 0.6) is 0 Å². The highest BCUT2D eigenvalue weighted by atomic mass is 16.2. The Morgan fingerprint density at radius 2 is 1.84 bits per heavy atom. The number of primary amides is 1. The highest BCUT2D eigenvalue weighted by molar-refractivity contribution is 5.87. The molecular weight excluding hydrogens is 320 g/mol. The van der Waals surface area contributed by atoms with Crippen LogP contribution in [0.15, 0.2) is 24.3 Å². The van der Waals surface area contributed by atoms with Crippen LogP contribution in [-0.2, 0) is 14.4 Å². The molecule has 142 valence electrons. The Labute approximate surface area is 150 Å². The number of amides is 3. The van der Waals surface area contributed by atoms with Crippen LogP contribution >= 0.6 is 0 Å². The van der Waals surface area contributed by atoms with Gasteiger partial charge in [0.1, 0.15) is 0 Å². The lowest BCUT2D eigenvalue weighted by Gasteiger charge is -2.18. The summed E-state index contributed by atoms with van der Waals surface area (Å²) < 4.78 is 0. The van der Waals surface area contributed by atoms with Gasteiger partial charge in [-0.2, -0.15) is 0 Å². The largest absolute Gasteiger partial charge is 0.368 e. The van der Waals surface area contributed by atoms with Gasteiger partial charge in [-0.3, -0.25) is 14.4 Å². The van der Waals surface area contributed by atoms with Crippen molar-refractivity contribution in [3.63, 3.8) is 0 Å². The Bertz CT molecular complexity index is 499. The Balaban J connectivity index is 0.000000609. The molecule has 6 N–H and O–H groups in total. The molecule has 7 heteroatoms. The summed E-state index contributed by atoms with van der Waals surface area (Å²) in [7, 11) is 0. The second-order valence-corrected chi connectivity index (χ2v) is 6.62. The van der Waals surface area contributed by atoms with E-state index < -0.39 is 11.9 Å². The van der Waals surface area contributed by atoms with Crippen molar-refractivity contribution in [2.45, 2.75) is 52.6 Å². The van der Waals surface area contributed by atoms with Crippen LogP contribution < -0.4 is 22.1 Å². The van der Waals surface area contributed by atoms with Gasteiger partial charge in [0, 0.05) is 25.1 Å². The number of nitrogens with two attached hydrogens (primary N) is 2. The second kappa shape index (κ2) is 12.2. The maximum absolute atomic E-state index is 11.6. The zero-order chi connectivity index (χ0) is 19.4. The summed E-state index contributed by atoms with van der Waals surface area (Å²) in [5.41, 5.74) is 10.2. The molecule has 2 atom stereocenters. The van der Waals surface area contributed by atoms with E-state index in [0.29, 0.717) is 13.0 Å². The van der Waals surface area contributed by atoms with Crippen LogP contribution in [0.1, 0.15) is 40.5 Å². The molecule has 1 aliphatic heterocycles. The van der Waals surface area contributed by atoms with Crippen LogP contribution in [0.2, 0.25) is 0 Å². The fourth-order valence-corrected chi connectivity index (χ4v) is 1.85. The molecule has 0 saturated heterocycles. The van der Waals surface area contributed by atoms with Gasteiger partial charge in [0.2, 0.25) is 17.7 Å². The minimum atomic E-state index is -0.491. The summed E-state index contributed by atoms with van der Waals surface area (Å²) in [5, 5.41) is 5.68. The molecule has 0 bridgehead atoms. The first-order valence-corrected chi connectivity index (χ1v) is 8.60. The van der Waals surface area contributed by atoms with Gasteiger partial charge in [-0.05, 0) is 18.3 Å². The molecule has 0 fully saturated rings. The number of nitrogens with one attached hydrogen (secondary N) is 2. The molecule has 1 rings (SSSR count). The first-order valence-electron chi connectivity index (χ1n) is 8.60. The molecule has 0 aromatic rings. The lowest BCUT2D eigenvalue weighted by molar-refractivity contribution is -0.121. The molecule has 0 aromatic heterocycles. The lowest BCUT2D eigenvalue weighted by Crippen LogP contribution is -2.40. The average molecular weight is 352 g/mol. The van der Waals surface area contributed by atoms with Crippen LogP contribution in [0, 0.1) is 11.8 Å². The van der Waals surface area contributed by atoms with Gasteiger partial charge in [-0.1, -0.05) is 45.9 Å². The van der Waals surface area contributed by atoms with Crippen molar-refractivity contribution in [1.82, 2.24) is 10.6 Å². The summed E-state index contributed by atoms with van der Waals surface area (Å²) >= 11 is 0. The third-order valence-corrected chi connectivity index (χ3v) is 3.63. The van der Waals surface area contributed by atoms with E-state index in [1.54, 1.807) is 6.08 Å². The first kappa shape index (κ1) is 22.9. The molecule has 0 radical (unpaired) electrons. The molecule has 3 amide bonds. The van der Waals surface area contributed by atoms with E-state index in [1.807, 2.05) is 39.8 Å². The summed E-state index contributed by atoms with van der Waals surface area (Å²) in [6.07, 6.45) is 8.14. The molecule has 25 heavy (non-hydrogen) atoms. The van der Waals surface area contributed by atoms with Crippen molar-refractivity contribution in [2.75, 3.05) is 6.54 Å². The third-order valence-electron chi connectivity index (χ3n) is 3.63. The second-order valence-electron chi connectivity index (χ2n) is 6.62. The number of hydrogen-bond donors (Lipinski definition) is 4. The van der Waals surface area contributed by atoms with Crippen molar-refractivity contribution in [2.24, 2.45) is 23.3 Å². The Hall–Kier alpha value is -2.15. The van der Waals surface area contributed by atoms with Crippen LogP contribution in [0.3, 0.4) is 0 Å². The van der Waals surface area contributed by atoms with Gasteiger partial charge in [-0.15, -0.1) is 0 Å². The minimum Gasteiger partial charge on any atom is -0.368 e. The van der Waals surface area contributed by atoms with Crippen LogP contribution in [-0.4, -0.2) is 36.3 Å². The van der Waals surface area contributed by atoms with E-state index in [9.17, 15) is 14.4 Å². The van der Waals surface area contributed by atoms with E-state index in [2.05, 4.69) is 10.6 Å². The highest BCUT2D eigenvalue weighted by Crippen LogP contribution is 2.04. The van der Waals surface area contributed by atoms with Gasteiger partial charge in [0.25, 0.3) is 0 Å². The quantitative estimate of drug-likeness (QED) is 0.555. The third kappa shape index (κ3) is 11.1. The van der Waals surface area contributed by atoms with E-state index in [1.165, 1.54) is 6.08 Å². The molecular formula is C18H32N4O3. The maximum atomic E-state index is 11.6. The fraction of sp³-hybridized carbons (Fsp3) is 0.611. The van der Waals surface area contributed by atoms with Crippen LogP contribution in [0.25, 0.3) is 0 Å². The monoisotopic (exact) mass is 352 g/mol. The van der Waals surface area contributed by atoms with Crippen molar-refractivity contribution in [3.8, 4) is 0 Å². The number of carbonyl (C=O) groups excluding carboxylic acids is 3. The molecule has 1 aliphatic rings. The van der Waals surface area contributed by atoms with Gasteiger partial charge < -0.3 is 22.1 Å². The topological polar surface area (TPSA) is 127 Å². The lowest BCUT2D eigenvalue weighted by atomic mass is 10.0. The molecule has 0 aliphatic carbocycles. The standard InChI is InChI=1S/C13H20N2O2.C5H12N2O/c1-10(2)11-7-8-12(16)14-9-5-3-4-6-13(17)15-11;1-3(2)4(6)5(7)8/h3-4,7-8,10-11H,5-6,9H2,1-2H3,(H,14,16)(H,15,17);3-4H,6H2,1-2H3,(H2,7,8)/b4-3+,8-7+;. The van der Waals surface area contributed by atoms with E-state index in [0.717, 1.165) is 6.42 Å². The Kier molecular flexibility index (Phi) is 11.2. The van der Waals surface area contributed by atoms with Crippen LogP contribution in [0.4, 0.5) is 0 Å². The molecule has 2 unspecified atom stereocenters. The summed E-state index contributed by atoms with van der Waals surface area (Å²) in [6, 6.07) is -0.587. The number of carbonyl (C=O) groups is 3. The van der Waals surface area contributed by atoms with Crippen molar-refractivity contribution < 1.29 is 14.4 Å². The molecule has 0 spiro atoms. The average Bonchev–Trinajstić information content (AvgIpc) is 2.52. The fourth-order valence-electron chi connectivity index (χ4n) is 1.85. The zero-order valence-corrected chi connectivity index (χ0v) is 15.6. The number of hydrogen-bond acceptors (Lipinski definition) is 4. The van der Waals surface area contributed by atoms with E-state index in [-0.39, 0.29) is 29.7 Å². The van der Waals surface area contributed by atoms with Crippen molar-refractivity contribution in [1.29, 1.82) is 0 Å². The van der Waals surface area contributed by atoms with Gasteiger partial charge in [0.05, 0.1) is 6.04 Å². The maximum Gasteiger partial charge on any atom is 0.243 e. The SMILES string of the molecule is CC(C)C(N)C(N)=O.CC(C)C1/C=C/C(=O)NCC/C=C/CC(=O)N1. The molecule has 0 aromatic carbocycles. The van der Waals surface area contributed by atoms with Crippen molar-refractivity contribution in [3.05, 3.63) is 24.3 Å². The molecule has 1 heterocycles. The van der Waals surface area contributed by atoms with E-state index in [4.69, 9.17) is 11.5 Å². The zero-order valence-electron chi connectivity index (χ0n) is 15.6. The van der Waals surface area contributed by atoms with Gasteiger partial charge >= 0.3 is 0 Å². The first-order chi connectivity index (χ1) is 11.6. The normalized spacial score (nSPS) is 22.4. The summed E-state index contributed by atoms with van der Waals surface area (Å²) in [6.45, 7) is 8.34. The predicted molar refractivity (Wildman–Crippen MR) is 99.3 cm³/mol.